The van der Waals surface area contributed by atoms with Crippen molar-refractivity contribution in [3.05, 3.63) is 23.8 Å². The highest BCUT2D eigenvalue weighted by Gasteiger charge is 2.23. The Kier molecular flexibility index (Phi) is 7.41. The number of rotatable bonds is 7. The number of nitrogens with zero attached hydrogens (tertiary/aromatic N) is 1. The van der Waals surface area contributed by atoms with Crippen LogP contribution in [0.1, 0.15) is 44.6 Å². The first-order valence-corrected chi connectivity index (χ1v) is 9.27. The maximum Gasteiger partial charge on any atom is 0.317 e. The Morgan fingerprint density at radius 1 is 1.20 bits per heavy atom. The lowest BCUT2D eigenvalue weighted by Gasteiger charge is -2.31. The molecule has 0 radical (unpaired) electrons. The Morgan fingerprint density at radius 3 is 2.60 bits per heavy atom. The van der Waals surface area contributed by atoms with E-state index in [0.717, 1.165) is 37.3 Å². The van der Waals surface area contributed by atoms with Crippen LogP contribution in [0.4, 0.5) is 4.79 Å². The first-order valence-electron chi connectivity index (χ1n) is 9.27. The van der Waals surface area contributed by atoms with Gasteiger partial charge in [-0.15, -0.1) is 0 Å². The molecule has 0 heterocycles. The predicted octanol–water partition coefficient (Wildman–Crippen LogP) is 3.86. The van der Waals surface area contributed by atoms with E-state index in [1.165, 1.54) is 24.8 Å². The van der Waals surface area contributed by atoms with Gasteiger partial charge in [0.05, 0.1) is 14.2 Å². The summed E-state index contributed by atoms with van der Waals surface area (Å²) in [7, 11) is 5.15. The molecule has 25 heavy (non-hydrogen) atoms. The van der Waals surface area contributed by atoms with Crippen LogP contribution in [0.5, 0.6) is 11.5 Å². The minimum Gasteiger partial charge on any atom is -0.493 e. The van der Waals surface area contributed by atoms with Crippen molar-refractivity contribution in [3.8, 4) is 11.5 Å². The number of benzene rings is 1. The van der Waals surface area contributed by atoms with Crippen LogP contribution in [0.2, 0.25) is 0 Å². The highest BCUT2D eigenvalue weighted by Crippen LogP contribution is 2.28. The minimum atomic E-state index is 0.0473. The fraction of sp³-hybridized carbons (Fsp3) is 0.650. The van der Waals surface area contributed by atoms with Gasteiger partial charge in [0.25, 0.3) is 0 Å². The summed E-state index contributed by atoms with van der Waals surface area (Å²) in [5.74, 6) is 2.07. The van der Waals surface area contributed by atoms with Gasteiger partial charge in [-0.05, 0) is 49.3 Å². The topological polar surface area (TPSA) is 50.8 Å². The lowest BCUT2D eigenvalue weighted by atomic mass is 9.86. The van der Waals surface area contributed by atoms with Crippen molar-refractivity contribution in [2.24, 2.45) is 5.92 Å². The van der Waals surface area contributed by atoms with E-state index in [9.17, 15) is 4.79 Å². The second-order valence-corrected chi connectivity index (χ2v) is 7.03. The Bertz CT molecular complexity index is 562. The number of nitrogens with one attached hydrogen (secondary N) is 1. The molecule has 0 aliphatic heterocycles. The molecule has 1 aliphatic carbocycles. The Balaban J connectivity index is 1.77. The third kappa shape index (κ3) is 5.55. The van der Waals surface area contributed by atoms with E-state index >= 15 is 0 Å². The van der Waals surface area contributed by atoms with Crippen molar-refractivity contribution in [1.82, 2.24) is 10.2 Å². The van der Waals surface area contributed by atoms with Crippen molar-refractivity contribution in [1.29, 1.82) is 0 Å². The molecule has 0 bridgehead atoms. The average Bonchev–Trinajstić information content (AvgIpc) is 2.63. The normalized spacial score (nSPS) is 20.0. The molecule has 2 atom stereocenters. The fourth-order valence-corrected chi connectivity index (χ4v) is 3.46. The molecule has 2 rings (SSSR count). The lowest BCUT2D eigenvalue weighted by molar-refractivity contribution is 0.191. The van der Waals surface area contributed by atoms with Crippen molar-refractivity contribution >= 4 is 6.03 Å². The van der Waals surface area contributed by atoms with Crippen molar-refractivity contribution < 1.29 is 14.3 Å². The Morgan fingerprint density at radius 2 is 1.92 bits per heavy atom. The summed E-state index contributed by atoms with van der Waals surface area (Å²) in [5.41, 5.74) is 1.19. The number of methoxy groups -OCH3 is 2. The first kappa shape index (κ1) is 19.4. The maximum absolute atomic E-state index is 12.4. The molecule has 1 saturated carbocycles. The number of amides is 2. The van der Waals surface area contributed by atoms with Gasteiger partial charge in [0, 0.05) is 19.6 Å². The van der Waals surface area contributed by atoms with Crippen LogP contribution in [0.25, 0.3) is 0 Å². The summed E-state index contributed by atoms with van der Waals surface area (Å²) >= 11 is 0. The highest BCUT2D eigenvalue weighted by atomic mass is 16.5. The van der Waals surface area contributed by atoms with Crippen LogP contribution >= 0.6 is 0 Å². The van der Waals surface area contributed by atoms with Crippen molar-refractivity contribution in [2.75, 3.05) is 27.8 Å². The third-order valence-electron chi connectivity index (χ3n) is 5.17. The summed E-state index contributed by atoms with van der Waals surface area (Å²) in [6.07, 6.45) is 6.64. The SMILES string of the molecule is COc1ccc(CCCN(C)C(=O)N[C@H]2CCCC[C@@H]2C)cc1OC. The molecule has 1 aliphatic rings. The maximum atomic E-state index is 12.4. The van der Waals surface area contributed by atoms with Gasteiger partial charge in [0.1, 0.15) is 0 Å². The first-order chi connectivity index (χ1) is 12.0. The number of hydrogen-bond donors (Lipinski definition) is 1. The van der Waals surface area contributed by atoms with Gasteiger partial charge in [-0.3, -0.25) is 0 Å². The van der Waals surface area contributed by atoms with Crippen LogP contribution in [0.15, 0.2) is 18.2 Å². The minimum absolute atomic E-state index is 0.0473. The molecular formula is C20H32N2O3. The largest absolute Gasteiger partial charge is 0.493 e. The van der Waals surface area contributed by atoms with Gasteiger partial charge < -0.3 is 19.7 Å². The van der Waals surface area contributed by atoms with Crippen LogP contribution < -0.4 is 14.8 Å². The third-order valence-corrected chi connectivity index (χ3v) is 5.17. The number of carbonyl (C=O) groups excluding carboxylic acids is 1. The zero-order chi connectivity index (χ0) is 18.2. The second-order valence-electron chi connectivity index (χ2n) is 7.03. The highest BCUT2D eigenvalue weighted by molar-refractivity contribution is 5.74. The number of ether oxygens (including phenoxy) is 2. The number of aryl methyl sites for hydroxylation is 1. The lowest BCUT2D eigenvalue weighted by Crippen LogP contribution is -2.47. The predicted molar refractivity (Wildman–Crippen MR) is 100 cm³/mol. The van der Waals surface area contributed by atoms with Crippen LogP contribution in [-0.4, -0.2) is 44.8 Å². The van der Waals surface area contributed by atoms with E-state index in [1.807, 2.05) is 25.2 Å². The van der Waals surface area contributed by atoms with Gasteiger partial charge >= 0.3 is 6.03 Å². The fourth-order valence-electron chi connectivity index (χ4n) is 3.46. The molecule has 1 aromatic carbocycles. The van der Waals surface area contributed by atoms with E-state index in [0.29, 0.717) is 12.0 Å². The molecule has 2 amide bonds. The molecule has 1 N–H and O–H groups in total. The van der Waals surface area contributed by atoms with Crippen LogP contribution in [-0.2, 0) is 6.42 Å². The molecule has 0 saturated heterocycles. The van der Waals surface area contributed by atoms with Crippen molar-refractivity contribution in [2.45, 2.75) is 51.5 Å². The van der Waals surface area contributed by atoms with E-state index in [-0.39, 0.29) is 6.03 Å². The second kappa shape index (κ2) is 9.54. The molecule has 1 fully saturated rings. The van der Waals surface area contributed by atoms with E-state index in [4.69, 9.17) is 9.47 Å². The average molecular weight is 348 g/mol. The van der Waals surface area contributed by atoms with Gasteiger partial charge in [-0.25, -0.2) is 4.79 Å². The quantitative estimate of drug-likeness (QED) is 0.814. The zero-order valence-electron chi connectivity index (χ0n) is 16.0. The van der Waals surface area contributed by atoms with E-state index in [1.54, 1.807) is 19.1 Å². The van der Waals surface area contributed by atoms with Crippen LogP contribution in [0.3, 0.4) is 0 Å². The van der Waals surface area contributed by atoms with E-state index < -0.39 is 0 Å². The summed E-state index contributed by atoms with van der Waals surface area (Å²) in [6, 6.07) is 6.35. The monoisotopic (exact) mass is 348 g/mol. The van der Waals surface area contributed by atoms with Gasteiger partial charge in [0.2, 0.25) is 0 Å². The van der Waals surface area contributed by atoms with E-state index in [2.05, 4.69) is 12.2 Å². The molecule has 140 valence electrons. The number of urea groups is 1. The summed E-state index contributed by atoms with van der Waals surface area (Å²) in [4.78, 5) is 14.2. The summed E-state index contributed by atoms with van der Waals surface area (Å²) < 4.78 is 10.6. The number of carbonyl (C=O) groups is 1. The van der Waals surface area contributed by atoms with Gasteiger partial charge in [0.15, 0.2) is 11.5 Å². The molecule has 5 nitrogen and oxygen atoms in total. The summed E-state index contributed by atoms with van der Waals surface area (Å²) in [5, 5.41) is 3.20. The Hall–Kier alpha value is -1.91. The van der Waals surface area contributed by atoms with Crippen LogP contribution in [0, 0.1) is 5.92 Å². The van der Waals surface area contributed by atoms with Gasteiger partial charge in [-0.1, -0.05) is 25.8 Å². The molecule has 0 spiro atoms. The number of hydrogen-bond acceptors (Lipinski definition) is 3. The molecule has 1 aromatic rings. The Labute approximate surface area is 151 Å². The smallest absolute Gasteiger partial charge is 0.317 e. The standard InChI is InChI=1S/C20H32N2O3/c1-15-8-5-6-10-17(15)21-20(23)22(2)13-7-9-16-11-12-18(24-3)19(14-16)25-4/h11-12,14-15,17H,5-10,13H2,1-4H3,(H,21,23)/t15-,17-/m0/s1. The van der Waals surface area contributed by atoms with Crippen molar-refractivity contribution in [3.63, 3.8) is 0 Å². The van der Waals surface area contributed by atoms with Gasteiger partial charge in [-0.2, -0.15) is 0 Å². The molecule has 0 aromatic heterocycles. The molecule has 0 unspecified atom stereocenters. The summed E-state index contributed by atoms with van der Waals surface area (Å²) in [6.45, 7) is 2.97. The molecule has 5 heteroatoms. The zero-order valence-corrected chi connectivity index (χ0v) is 16.0. The molecular weight excluding hydrogens is 316 g/mol.